The van der Waals surface area contributed by atoms with E-state index in [1.54, 1.807) is 31.2 Å². The second-order valence-electron chi connectivity index (χ2n) is 6.27. The number of carbonyl (C=O) groups is 2. The molecule has 130 valence electrons. The normalized spacial score (nSPS) is 13.8. The quantitative estimate of drug-likeness (QED) is 0.824. The molecular formula is C20H20ClNO3. The minimum Gasteiger partial charge on any atom is -0.452 e. The highest BCUT2D eigenvalue weighted by atomic mass is 35.5. The zero-order valence-corrected chi connectivity index (χ0v) is 14.8. The van der Waals surface area contributed by atoms with E-state index >= 15 is 0 Å². The molecule has 1 amide bonds. The summed E-state index contributed by atoms with van der Waals surface area (Å²) in [6.45, 7) is 1.56. The van der Waals surface area contributed by atoms with Crippen LogP contribution < -0.4 is 5.32 Å². The molecular weight excluding hydrogens is 338 g/mol. The van der Waals surface area contributed by atoms with E-state index in [1.807, 2.05) is 6.07 Å². The summed E-state index contributed by atoms with van der Waals surface area (Å²) in [5.74, 6) is -0.795. The van der Waals surface area contributed by atoms with E-state index < -0.39 is 12.1 Å². The molecule has 3 rings (SSSR count). The van der Waals surface area contributed by atoms with Gasteiger partial charge in [0.1, 0.15) is 0 Å². The number of halogens is 1. The first-order valence-electron chi connectivity index (χ1n) is 8.38. The topological polar surface area (TPSA) is 55.4 Å². The second kappa shape index (κ2) is 7.70. The predicted octanol–water partition coefficient (Wildman–Crippen LogP) is 3.94. The maximum atomic E-state index is 12.1. The van der Waals surface area contributed by atoms with E-state index in [4.69, 9.17) is 16.3 Å². The van der Waals surface area contributed by atoms with Gasteiger partial charge in [-0.3, -0.25) is 9.59 Å². The summed E-state index contributed by atoms with van der Waals surface area (Å²) >= 11 is 5.89. The number of benzene rings is 2. The molecule has 0 bridgehead atoms. The smallest absolute Gasteiger partial charge is 0.311 e. The number of carbonyl (C=O) groups excluding carboxylic acids is 2. The standard InChI is InChI=1S/C20H20ClNO3/c1-13(20(24)22-18-7-3-6-17(21)12-18)25-19(23)11-14-8-9-15-4-2-5-16(15)10-14/h3,6-10,12-13H,2,4-5,11H2,1H3,(H,22,24)/t13-/m1/s1. The molecule has 1 aliphatic rings. The van der Waals surface area contributed by atoms with E-state index in [0.717, 1.165) is 18.4 Å². The van der Waals surface area contributed by atoms with Gasteiger partial charge < -0.3 is 10.1 Å². The Labute approximate surface area is 152 Å². The number of fused-ring (bicyclic) bond motifs is 1. The summed E-state index contributed by atoms with van der Waals surface area (Å²) in [6, 6.07) is 12.9. The second-order valence-corrected chi connectivity index (χ2v) is 6.70. The lowest BCUT2D eigenvalue weighted by Crippen LogP contribution is -2.30. The van der Waals surface area contributed by atoms with Gasteiger partial charge in [0.05, 0.1) is 6.42 Å². The Hall–Kier alpha value is -2.33. The van der Waals surface area contributed by atoms with Crippen LogP contribution >= 0.6 is 11.6 Å². The van der Waals surface area contributed by atoms with Crippen molar-refractivity contribution in [3.8, 4) is 0 Å². The highest BCUT2D eigenvalue weighted by molar-refractivity contribution is 6.30. The molecule has 0 saturated carbocycles. The molecule has 4 nitrogen and oxygen atoms in total. The van der Waals surface area contributed by atoms with Gasteiger partial charge in [-0.15, -0.1) is 0 Å². The summed E-state index contributed by atoms with van der Waals surface area (Å²) in [6.07, 6.45) is 2.64. The van der Waals surface area contributed by atoms with Crippen LogP contribution in [-0.4, -0.2) is 18.0 Å². The van der Waals surface area contributed by atoms with Gasteiger partial charge in [0.15, 0.2) is 6.10 Å². The van der Waals surface area contributed by atoms with Crippen LogP contribution in [0.4, 0.5) is 5.69 Å². The van der Waals surface area contributed by atoms with Gasteiger partial charge in [-0.1, -0.05) is 35.9 Å². The van der Waals surface area contributed by atoms with Crippen LogP contribution in [-0.2, 0) is 33.6 Å². The number of rotatable bonds is 5. The minimum atomic E-state index is -0.874. The summed E-state index contributed by atoms with van der Waals surface area (Å²) in [5, 5.41) is 3.21. The molecule has 1 N–H and O–H groups in total. The molecule has 0 fully saturated rings. The summed E-state index contributed by atoms with van der Waals surface area (Å²) in [4.78, 5) is 24.2. The van der Waals surface area contributed by atoms with Crippen molar-refractivity contribution in [2.45, 2.75) is 38.7 Å². The molecule has 0 saturated heterocycles. The van der Waals surface area contributed by atoms with Crippen molar-refractivity contribution >= 4 is 29.2 Å². The molecule has 0 aromatic heterocycles. The molecule has 0 heterocycles. The third kappa shape index (κ3) is 4.60. The lowest BCUT2D eigenvalue weighted by atomic mass is 10.0. The zero-order chi connectivity index (χ0) is 17.8. The van der Waals surface area contributed by atoms with Gasteiger partial charge in [0.25, 0.3) is 5.91 Å². The number of aryl methyl sites for hydroxylation is 2. The average Bonchev–Trinajstić information content (AvgIpc) is 3.02. The van der Waals surface area contributed by atoms with Gasteiger partial charge in [-0.25, -0.2) is 0 Å². The SMILES string of the molecule is C[C@@H](OC(=O)Cc1ccc2c(c1)CCC2)C(=O)Nc1cccc(Cl)c1. The van der Waals surface area contributed by atoms with Crippen LogP contribution in [0.1, 0.15) is 30.0 Å². The van der Waals surface area contributed by atoms with E-state index in [0.29, 0.717) is 10.7 Å². The lowest BCUT2D eigenvalue weighted by Gasteiger charge is -2.14. The Morgan fingerprint density at radius 2 is 1.96 bits per heavy atom. The molecule has 25 heavy (non-hydrogen) atoms. The first-order chi connectivity index (χ1) is 12.0. The number of amides is 1. The van der Waals surface area contributed by atoms with Gasteiger partial charge in [-0.05, 0) is 61.1 Å². The molecule has 2 aromatic carbocycles. The fourth-order valence-corrected chi connectivity index (χ4v) is 3.19. The Morgan fingerprint density at radius 3 is 2.76 bits per heavy atom. The maximum Gasteiger partial charge on any atom is 0.311 e. The van der Waals surface area contributed by atoms with Gasteiger partial charge in [0.2, 0.25) is 0 Å². The van der Waals surface area contributed by atoms with E-state index in [-0.39, 0.29) is 12.3 Å². The number of esters is 1. The molecule has 0 unspecified atom stereocenters. The molecule has 5 heteroatoms. The first-order valence-corrected chi connectivity index (χ1v) is 8.75. The third-order valence-corrected chi connectivity index (χ3v) is 4.52. The van der Waals surface area contributed by atoms with Crippen molar-refractivity contribution in [3.05, 3.63) is 64.2 Å². The Morgan fingerprint density at radius 1 is 1.16 bits per heavy atom. The zero-order valence-electron chi connectivity index (χ0n) is 14.0. The van der Waals surface area contributed by atoms with Crippen molar-refractivity contribution < 1.29 is 14.3 Å². The number of hydrogen-bond donors (Lipinski definition) is 1. The largest absolute Gasteiger partial charge is 0.452 e. The minimum absolute atomic E-state index is 0.169. The lowest BCUT2D eigenvalue weighted by molar-refractivity contribution is -0.152. The van der Waals surface area contributed by atoms with E-state index in [9.17, 15) is 9.59 Å². The highest BCUT2D eigenvalue weighted by Crippen LogP contribution is 2.23. The molecule has 1 aliphatic carbocycles. The number of hydrogen-bond acceptors (Lipinski definition) is 3. The molecule has 0 radical (unpaired) electrons. The van der Waals surface area contributed by atoms with Crippen molar-refractivity contribution in [1.29, 1.82) is 0 Å². The summed E-state index contributed by atoms with van der Waals surface area (Å²) in [7, 11) is 0. The monoisotopic (exact) mass is 357 g/mol. The predicted molar refractivity (Wildman–Crippen MR) is 97.8 cm³/mol. The molecule has 2 aromatic rings. The van der Waals surface area contributed by atoms with Crippen LogP contribution in [0.5, 0.6) is 0 Å². The average molecular weight is 358 g/mol. The molecule has 0 spiro atoms. The van der Waals surface area contributed by atoms with Gasteiger partial charge >= 0.3 is 5.97 Å². The van der Waals surface area contributed by atoms with Crippen LogP contribution in [0, 0.1) is 0 Å². The Balaban J connectivity index is 1.54. The van der Waals surface area contributed by atoms with Crippen LogP contribution in [0.2, 0.25) is 5.02 Å². The van der Waals surface area contributed by atoms with Crippen molar-refractivity contribution in [1.82, 2.24) is 0 Å². The third-order valence-electron chi connectivity index (χ3n) is 4.28. The van der Waals surface area contributed by atoms with Crippen molar-refractivity contribution in [2.75, 3.05) is 5.32 Å². The van der Waals surface area contributed by atoms with Crippen LogP contribution in [0.3, 0.4) is 0 Å². The number of anilines is 1. The van der Waals surface area contributed by atoms with E-state index in [1.165, 1.54) is 17.5 Å². The molecule has 1 atom stereocenters. The summed E-state index contributed by atoms with van der Waals surface area (Å²) < 4.78 is 5.25. The van der Waals surface area contributed by atoms with E-state index in [2.05, 4.69) is 17.4 Å². The highest BCUT2D eigenvalue weighted by Gasteiger charge is 2.19. The number of nitrogens with one attached hydrogen (secondary N) is 1. The van der Waals surface area contributed by atoms with Crippen molar-refractivity contribution in [2.24, 2.45) is 0 Å². The molecule has 0 aliphatic heterocycles. The van der Waals surface area contributed by atoms with Gasteiger partial charge in [-0.2, -0.15) is 0 Å². The Kier molecular flexibility index (Phi) is 5.39. The Bertz CT molecular complexity index is 803. The maximum absolute atomic E-state index is 12.1. The van der Waals surface area contributed by atoms with Crippen LogP contribution in [0.25, 0.3) is 0 Å². The first kappa shape index (κ1) is 17.5. The summed E-state index contributed by atoms with van der Waals surface area (Å²) in [5.41, 5.74) is 4.18. The van der Waals surface area contributed by atoms with Crippen molar-refractivity contribution in [3.63, 3.8) is 0 Å². The number of ether oxygens (including phenoxy) is 1. The fourth-order valence-electron chi connectivity index (χ4n) is 3.00. The van der Waals surface area contributed by atoms with Crippen LogP contribution in [0.15, 0.2) is 42.5 Å². The van der Waals surface area contributed by atoms with Gasteiger partial charge in [0, 0.05) is 10.7 Å². The fraction of sp³-hybridized carbons (Fsp3) is 0.300.